The van der Waals surface area contributed by atoms with Gasteiger partial charge in [0.05, 0.1) is 5.56 Å². The molecule has 0 radical (unpaired) electrons. The Bertz CT molecular complexity index is 961. The molecule has 0 unspecified atom stereocenters. The van der Waals surface area contributed by atoms with Crippen LogP contribution in [-0.2, 0) is 13.0 Å². The van der Waals surface area contributed by atoms with Crippen LogP contribution >= 0.6 is 27.5 Å². The maximum absolute atomic E-state index is 12.2. The van der Waals surface area contributed by atoms with E-state index in [-0.39, 0.29) is 0 Å². The Morgan fingerprint density at radius 1 is 1.19 bits per heavy atom. The molecule has 0 aliphatic rings. The van der Waals surface area contributed by atoms with Gasteiger partial charge in [-0.3, -0.25) is 4.79 Å². The Labute approximate surface area is 166 Å². The summed E-state index contributed by atoms with van der Waals surface area (Å²) >= 11 is 9.60. The molecule has 0 spiro atoms. The monoisotopic (exact) mass is 430 g/mol. The van der Waals surface area contributed by atoms with Crippen molar-refractivity contribution in [2.24, 2.45) is 5.73 Å². The van der Waals surface area contributed by atoms with Crippen molar-refractivity contribution in [1.29, 1.82) is 0 Å². The first-order chi connectivity index (χ1) is 12.4. The molecular formula is C21H20BrClN2O. The number of primary amides is 1. The number of carbonyl (C=O) groups is 1. The van der Waals surface area contributed by atoms with Crippen molar-refractivity contribution in [3.8, 4) is 11.1 Å². The third-order valence-corrected chi connectivity index (χ3v) is 5.34. The van der Waals surface area contributed by atoms with Crippen molar-refractivity contribution >= 4 is 33.4 Å². The fourth-order valence-electron chi connectivity index (χ4n) is 3.43. The predicted octanol–water partition coefficient (Wildman–Crippen LogP) is 5.59. The summed E-state index contributed by atoms with van der Waals surface area (Å²) in [5, 5.41) is 0.702. The first kappa shape index (κ1) is 18.7. The van der Waals surface area contributed by atoms with Crippen molar-refractivity contribution in [3.63, 3.8) is 0 Å². The first-order valence-electron chi connectivity index (χ1n) is 8.44. The lowest BCUT2D eigenvalue weighted by molar-refractivity contribution is 0.1000. The van der Waals surface area contributed by atoms with E-state index < -0.39 is 5.91 Å². The van der Waals surface area contributed by atoms with E-state index in [0.717, 1.165) is 39.0 Å². The fourth-order valence-corrected chi connectivity index (χ4v) is 3.90. The van der Waals surface area contributed by atoms with Crippen LogP contribution in [0, 0.1) is 6.92 Å². The number of hydrogen-bond donors (Lipinski definition) is 1. The molecule has 0 fully saturated rings. The molecular weight excluding hydrogens is 412 g/mol. The molecule has 0 aliphatic carbocycles. The number of amides is 1. The average Bonchev–Trinajstić information content (AvgIpc) is 2.88. The van der Waals surface area contributed by atoms with Gasteiger partial charge in [0.1, 0.15) is 0 Å². The van der Waals surface area contributed by atoms with Crippen LogP contribution in [0.4, 0.5) is 0 Å². The highest BCUT2D eigenvalue weighted by Gasteiger charge is 2.24. The molecule has 0 saturated carbocycles. The number of halogens is 2. The molecule has 1 heterocycles. The molecule has 3 nitrogen and oxygen atoms in total. The zero-order chi connectivity index (χ0) is 18.8. The number of rotatable bonds is 5. The molecule has 1 amide bonds. The van der Waals surface area contributed by atoms with Crippen LogP contribution in [-0.4, -0.2) is 10.5 Å². The second-order valence-corrected chi connectivity index (χ2v) is 7.57. The lowest BCUT2D eigenvalue weighted by Crippen LogP contribution is -2.13. The van der Waals surface area contributed by atoms with Crippen LogP contribution < -0.4 is 5.73 Å². The molecule has 2 N–H and O–H groups in total. The minimum Gasteiger partial charge on any atom is -0.366 e. The van der Waals surface area contributed by atoms with Gasteiger partial charge in [0.2, 0.25) is 0 Å². The van der Waals surface area contributed by atoms with Crippen molar-refractivity contribution in [1.82, 2.24) is 4.57 Å². The van der Waals surface area contributed by atoms with E-state index in [9.17, 15) is 4.79 Å². The molecule has 26 heavy (non-hydrogen) atoms. The first-order valence-corrected chi connectivity index (χ1v) is 9.61. The molecule has 3 rings (SSSR count). The van der Waals surface area contributed by atoms with Gasteiger partial charge >= 0.3 is 0 Å². The van der Waals surface area contributed by atoms with Crippen LogP contribution in [0.15, 0.2) is 53.0 Å². The number of carbonyl (C=O) groups excluding carboxylic acids is 1. The van der Waals surface area contributed by atoms with Crippen molar-refractivity contribution < 1.29 is 4.79 Å². The molecule has 0 atom stereocenters. The summed E-state index contributed by atoms with van der Waals surface area (Å²) in [6, 6.07) is 15.7. The van der Waals surface area contributed by atoms with E-state index >= 15 is 0 Å². The number of benzene rings is 2. The highest BCUT2D eigenvalue weighted by atomic mass is 79.9. The van der Waals surface area contributed by atoms with Gasteiger partial charge in [0, 0.05) is 33.0 Å². The zero-order valence-electron chi connectivity index (χ0n) is 14.7. The maximum atomic E-state index is 12.2. The van der Waals surface area contributed by atoms with Crippen LogP contribution in [0.3, 0.4) is 0 Å². The Balaban J connectivity index is 2.20. The predicted molar refractivity (Wildman–Crippen MR) is 111 cm³/mol. The van der Waals surface area contributed by atoms with Gasteiger partial charge in [-0.1, -0.05) is 58.7 Å². The van der Waals surface area contributed by atoms with E-state index in [1.54, 1.807) is 0 Å². The summed E-state index contributed by atoms with van der Waals surface area (Å²) in [5.41, 5.74) is 11.3. The minimum atomic E-state index is -0.403. The van der Waals surface area contributed by atoms with Crippen molar-refractivity contribution in [2.75, 3.05) is 0 Å². The van der Waals surface area contributed by atoms with Gasteiger partial charge in [-0.15, -0.1) is 0 Å². The number of hydrogen-bond acceptors (Lipinski definition) is 1. The van der Waals surface area contributed by atoms with Crippen molar-refractivity contribution in [3.05, 3.63) is 80.5 Å². The Hall–Kier alpha value is -2.04. The molecule has 1 aromatic heterocycles. The Kier molecular flexibility index (Phi) is 5.54. The topological polar surface area (TPSA) is 48.0 Å². The molecule has 2 aromatic carbocycles. The number of nitrogens with zero attached hydrogens (tertiary/aromatic N) is 1. The Morgan fingerprint density at radius 2 is 1.88 bits per heavy atom. The highest BCUT2D eigenvalue weighted by molar-refractivity contribution is 9.10. The third kappa shape index (κ3) is 3.57. The third-order valence-electron chi connectivity index (χ3n) is 4.57. The second-order valence-electron chi connectivity index (χ2n) is 6.22. The van der Waals surface area contributed by atoms with E-state index in [0.29, 0.717) is 17.1 Å². The van der Waals surface area contributed by atoms with Gasteiger partial charge in [-0.05, 0) is 48.7 Å². The van der Waals surface area contributed by atoms with Gasteiger partial charge in [0.15, 0.2) is 0 Å². The maximum Gasteiger partial charge on any atom is 0.251 e. The average molecular weight is 432 g/mol. The van der Waals surface area contributed by atoms with Gasteiger partial charge < -0.3 is 10.3 Å². The van der Waals surface area contributed by atoms with Crippen LogP contribution in [0.5, 0.6) is 0 Å². The summed E-state index contributed by atoms with van der Waals surface area (Å²) < 4.78 is 3.17. The molecule has 3 aromatic rings. The smallest absolute Gasteiger partial charge is 0.251 e. The van der Waals surface area contributed by atoms with E-state index in [4.69, 9.17) is 17.3 Å². The SMILES string of the molecule is CCc1c(-c2ccc(Br)cc2)c(C(N)=O)c(C)n1Cc1cccc(Cl)c1. The Morgan fingerprint density at radius 3 is 2.46 bits per heavy atom. The minimum absolute atomic E-state index is 0.403. The van der Waals surface area contributed by atoms with Crippen molar-refractivity contribution in [2.45, 2.75) is 26.8 Å². The van der Waals surface area contributed by atoms with E-state index in [1.165, 1.54) is 0 Å². The van der Waals surface area contributed by atoms with E-state index in [1.807, 2.05) is 55.5 Å². The number of nitrogens with two attached hydrogens (primary N) is 1. The summed E-state index contributed by atoms with van der Waals surface area (Å²) in [6.45, 7) is 4.69. The van der Waals surface area contributed by atoms with Crippen LogP contribution in [0.25, 0.3) is 11.1 Å². The van der Waals surface area contributed by atoms with Gasteiger partial charge in [0.25, 0.3) is 5.91 Å². The summed E-state index contributed by atoms with van der Waals surface area (Å²) in [7, 11) is 0. The molecule has 0 saturated heterocycles. The van der Waals surface area contributed by atoms with Gasteiger partial charge in [-0.25, -0.2) is 0 Å². The largest absolute Gasteiger partial charge is 0.366 e. The summed E-state index contributed by atoms with van der Waals surface area (Å²) in [6.07, 6.45) is 0.792. The standard InChI is InChI=1S/C21H20BrClN2O/c1-3-18-20(15-7-9-16(22)10-8-15)19(21(24)26)13(2)25(18)12-14-5-4-6-17(23)11-14/h4-11H,3,12H2,1-2H3,(H2,24,26). The molecule has 5 heteroatoms. The fraction of sp³-hybridized carbons (Fsp3) is 0.190. The summed E-state index contributed by atoms with van der Waals surface area (Å²) in [4.78, 5) is 12.2. The van der Waals surface area contributed by atoms with Crippen LogP contribution in [0.1, 0.15) is 34.2 Å². The van der Waals surface area contributed by atoms with Crippen LogP contribution in [0.2, 0.25) is 5.02 Å². The molecule has 0 aliphatic heterocycles. The van der Waals surface area contributed by atoms with E-state index in [2.05, 4.69) is 27.4 Å². The quantitative estimate of drug-likeness (QED) is 0.562. The lowest BCUT2D eigenvalue weighted by Gasteiger charge is -2.12. The normalized spacial score (nSPS) is 10.9. The summed E-state index contributed by atoms with van der Waals surface area (Å²) in [5.74, 6) is -0.403. The zero-order valence-corrected chi connectivity index (χ0v) is 17.1. The molecule has 0 bridgehead atoms. The highest BCUT2D eigenvalue weighted by Crippen LogP contribution is 2.34. The number of aromatic nitrogens is 1. The van der Waals surface area contributed by atoms with Gasteiger partial charge in [-0.2, -0.15) is 0 Å². The second kappa shape index (κ2) is 7.68. The molecule has 134 valence electrons. The lowest BCUT2D eigenvalue weighted by atomic mass is 9.99.